The number of carbonyl (C=O) groups excluding carboxylic acids is 1. The van der Waals surface area contributed by atoms with Crippen LogP contribution in [0.15, 0.2) is 0 Å². The van der Waals surface area contributed by atoms with E-state index < -0.39 is 11.4 Å². The highest BCUT2D eigenvalue weighted by atomic mass is 16.5. The molecule has 0 atom stereocenters. The summed E-state index contributed by atoms with van der Waals surface area (Å²) >= 11 is 0. The molecule has 0 bridgehead atoms. The van der Waals surface area contributed by atoms with Gasteiger partial charge in [0.05, 0.1) is 6.61 Å². The number of carboxylic acid groups (broad SMARTS) is 1. The molecular formula is C11H20N2O4. The highest BCUT2D eigenvalue weighted by Crippen LogP contribution is 2.45. The molecule has 0 aliphatic heterocycles. The molecule has 1 fully saturated rings. The van der Waals surface area contributed by atoms with E-state index in [-0.39, 0.29) is 5.91 Å². The number of hydrogen-bond acceptors (Lipinski definition) is 4. The highest BCUT2D eigenvalue weighted by Gasteiger charge is 2.56. The Morgan fingerprint density at radius 3 is 2.53 bits per heavy atom. The van der Waals surface area contributed by atoms with E-state index >= 15 is 0 Å². The van der Waals surface area contributed by atoms with Crippen molar-refractivity contribution in [3.63, 3.8) is 0 Å². The quantitative estimate of drug-likeness (QED) is 0.565. The number of likely N-dealkylation sites (N-methyl/N-ethyl adjacent to an activating group) is 1. The number of nitrogens with one attached hydrogen (secondary N) is 1. The average molecular weight is 244 g/mol. The van der Waals surface area contributed by atoms with E-state index in [2.05, 4.69) is 5.32 Å². The van der Waals surface area contributed by atoms with E-state index in [1.54, 1.807) is 7.11 Å². The topological polar surface area (TPSA) is 78.9 Å². The molecule has 1 amide bonds. The maximum atomic E-state index is 11.6. The average Bonchev–Trinajstić information content (AvgIpc) is 3.07. The molecule has 98 valence electrons. The van der Waals surface area contributed by atoms with Crippen LogP contribution in [0.2, 0.25) is 0 Å². The van der Waals surface area contributed by atoms with Gasteiger partial charge in [0, 0.05) is 26.7 Å². The Hall–Kier alpha value is -1.14. The lowest BCUT2D eigenvalue weighted by Gasteiger charge is -2.17. The first-order chi connectivity index (χ1) is 8.03. The van der Waals surface area contributed by atoms with E-state index in [1.165, 1.54) is 0 Å². The lowest BCUT2D eigenvalue weighted by atomic mass is 10.1. The number of amides is 1. The summed E-state index contributed by atoms with van der Waals surface area (Å²) in [5, 5.41) is 11.6. The maximum Gasteiger partial charge on any atom is 0.319 e. The van der Waals surface area contributed by atoms with Crippen molar-refractivity contribution in [3.05, 3.63) is 0 Å². The summed E-state index contributed by atoms with van der Waals surface area (Å²) in [4.78, 5) is 24.5. The minimum atomic E-state index is -1.13. The number of nitrogens with zero attached hydrogens (tertiary/aromatic N) is 1. The van der Waals surface area contributed by atoms with E-state index in [4.69, 9.17) is 9.84 Å². The van der Waals surface area contributed by atoms with Crippen LogP contribution in [-0.4, -0.2) is 62.3 Å². The molecule has 1 aliphatic carbocycles. The second kappa shape index (κ2) is 5.97. The second-order valence-electron chi connectivity index (χ2n) is 4.44. The van der Waals surface area contributed by atoms with Crippen LogP contribution in [0.4, 0.5) is 0 Å². The number of aliphatic carboxylic acids is 1. The van der Waals surface area contributed by atoms with E-state index in [0.717, 1.165) is 6.54 Å². The number of rotatable bonds is 8. The summed E-state index contributed by atoms with van der Waals surface area (Å²) in [6.45, 7) is 2.58. The third-order valence-electron chi connectivity index (χ3n) is 3.05. The molecule has 0 saturated heterocycles. The van der Waals surface area contributed by atoms with Crippen molar-refractivity contribution < 1.29 is 19.4 Å². The lowest BCUT2D eigenvalue weighted by molar-refractivity contribution is -0.149. The van der Waals surface area contributed by atoms with Gasteiger partial charge in [-0.2, -0.15) is 0 Å². The molecule has 0 aromatic heterocycles. The van der Waals surface area contributed by atoms with Crippen molar-refractivity contribution in [2.45, 2.75) is 12.8 Å². The first-order valence-electron chi connectivity index (χ1n) is 5.72. The van der Waals surface area contributed by atoms with Gasteiger partial charge in [-0.05, 0) is 19.9 Å². The van der Waals surface area contributed by atoms with Crippen LogP contribution in [0.1, 0.15) is 12.8 Å². The van der Waals surface area contributed by atoms with Crippen LogP contribution in [0, 0.1) is 5.41 Å². The van der Waals surface area contributed by atoms with E-state index in [1.807, 2.05) is 11.9 Å². The molecule has 0 aromatic rings. The Morgan fingerprint density at radius 1 is 1.41 bits per heavy atom. The summed E-state index contributed by atoms with van der Waals surface area (Å²) in [7, 11) is 3.56. The Balaban J connectivity index is 2.19. The first kappa shape index (κ1) is 13.9. The molecule has 17 heavy (non-hydrogen) atoms. The second-order valence-corrected chi connectivity index (χ2v) is 4.44. The van der Waals surface area contributed by atoms with Crippen molar-refractivity contribution in [1.82, 2.24) is 10.2 Å². The van der Waals surface area contributed by atoms with Crippen LogP contribution in [0.5, 0.6) is 0 Å². The maximum absolute atomic E-state index is 11.6. The molecule has 0 aromatic carbocycles. The van der Waals surface area contributed by atoms with Gasteiger partial charge in [0.15, 0.2) is 0 Å². The molecule has 6 nitrogen and oxygen atoms in total. The van der Waals surface area contributed by atoms with Gasteiger partial charge in [-0.1, -0.05) is 0 Å². The van der Waals surface area contributed by atoms with Gasteiger partial charge >= 0.3 is 5.97 Å². The van der Waals surface area contributed by atoms with Gasteiger partial charge in [-0.3, -0.25) is 9.59 Å². The summed E-state index contributed by atoms with van der Waals surface area (Å²) in [6, 6.07) is 0. The molecule has 0 heterocycles. The van der Waals surface area contributed by atoms with E-state index in [9.17, 15) is 9.59 Å². The fraction of sp³-hybridized carbons (Fsp3) is 0.818. The number of carboxylic acids is 1. The van der Waals surface area contributed by atoms with Crippen molar-refractivity contribution >= 4 is 11.9 Å². The Morgan fingerprint density at radius 2 is 2.06 bits per heavy atom. The summed E-state index contributed by atoms with van der Waals surface area (Å²) in [5.41, 5.74) is -1.13. The SMILES string of the molecule is COCCN(C)CCNC(=O)C1(C(=O)O)CC1. The molecule has 1 aliphatic rings. The smallest absolute Gasteiger partial charge is 0.319 e. The molecule has 0 spiro atoms. The monoisotopic (exact) mass is 244 g/mol. The zero-order valence-corrected chi connectivity index (χ0v) is 10.4. The Bertz CT molecular complexity index is 289. The van der Waals surface area contributed by atoms with Crippen LogP contribution in [0.25, 0.3) is 0 Å². The molecular weight excluding hydrogens is 224 g/mol. The zero-order valence-electron chi connectivity index (χ0n) is 10.4. The van der Waals surface area contributed by atoms with Gasteiger partial charge in [0.2, 0.25) is 5.91 Å². The molecule has 0 unspecified atom stereocenters. The van der Waals surface area contributed by atoms with Crippen molar-refractivity contribution in [1.29, 1.82) is 0 Å². The highest BCUT2D eigenvalue weighted by molar-refractivity contribution is 6.04. The van der Waals surface area contributed by atoms with Crippen LogP contribution in [-0.2, 0) is 14.3 Å². The van der Waals surface area contributed by atoms with Crippen molar-refractivity contribution in [3.8, 4) is 0 Å². The molecule has 1 rings (SSSR count). The minimum absolute atomic E-state index is 0.356. The third kappa shape index (κ3) is 3.67. The van der Waals surface area contributed by atoms with Crippen LogP contribution in [0.3, 0.4) is 0 Å². The van der Waals surface area contributed by atoms with Gasteiger partial charge in [-0.15, -0.1) is 0 Å². The predicted octanol–water partition coefficient (Wildman–Crippen LogP) is -0.454. The van der Waals surface area contributed by atoms with Gasteiger partial charge in [0.25, 0.3) is 0 Å². The minimum Gasteiger partial charge on any atom is -0.480 e. The fourth-order valence-corrected chi connectivity index (χ4v) is 1.55. The standard InChI is InChI=1S/C11H20N2O4/c1-13(7-8-17-2)6-5-12-9(14)11(3-4-11)10(15)16/h3-8H2,1-2H3,(H,12,14)(H,15,16). The zero-order chi connectivity index (χ0) is 12.9. The number of methoxy groups -OCH3 is 1. The van der Waals surface area contributed by atoms with E-state index in [0.29, 0.717) is 32.5 Å². The first-order valence-corrected chi connectivity index (χ1v) is 5.72. The van der Waals surface area contributed by atoms with Crippen LogP contribution < -0.4 is 5.32 Å². The third-order valence-corrected chi connectivity index (χ3v) is 3.05. The van der Waals surface area contributed by atoms with Gasteiger partial charge in [0.1, 0.15) is 5.41 Å². The van der Waals surface area contributed by atoms with Crippen molar-refractivity contribution in [2.24, 2.45) is 5.41 Å². The predicted molar refractivity (Wildman–Crippen MR) is 61.7 cm³/mol. The van der Waals surface area contributed by atoms with Gasteiger partial charge < -0.3 is 20.1 Å². The summed E-state index contributed by atoms with van der Waals surface area (Å²) in [5.74, 6) is -1.37. The summed E-state index contributed by atoms with van der Waals surface area (Å²) < 4.78 is 4.93. The number of ether oxygens (including phenoxy) is 1. The number of hydrogen-bond donors (Lipinski definition) is 2. The van der Waals surface area contributed by atoms with Gasteiger partial charge in [-0.25, -0.2) is 0 Å². The lowest BCUT2D eigenvalue weighted by Crippen LogP contribution is -2.40. The molecule has 1 saturated carbocycles. The summed E-state index contributed by atoms with van der Waals surface area (Å²) in [6.07, 6.45) is 0.904. The molecule has 6 heteroatoms. The fourth-order valence-electron chi connectivity index (χ4n) is 1.55. The molecule has 0 radical (unpaired) electrons. The normalized spacial score (nSPS) is 16.9. The largest absolute Gasteiger partial charge is 0.480 e. The Kier molecular flexibility index (Phi) is 4.89. The number of carbonyl (C=O) groups is 2. The van der Waals surface area contributed by atoms with Crippen LogP contribution >= 0.6 is 0 Å². The van der Waals surface area contributed by atoms with Crippen molar-refractivity contribution in [2.75, 3.05) is 40.4 Å². The molecule has 2 N–H and O–H groups in total. The Labute approximate surface area is 101 Å².